The van der Waals surface area contributed by atoms with Crippen LogP contribution in [0.15, 0.2) is 55.0 Å². The number of halogens is 1. The molecular weight excluding hydrogens is 471 g/mol. The van der Waals surface area contributed by atoms with Crippen LogP contribution in [0.25, 0.3) is 16.9 Å². The molecule has 3 aromatic heterocycles. The summed E-state index contributed by atoms with van der Waals surface area (Å²) >= 11 is 0. The molecule has 0 aliphatic carbocycles. The fraction of sp³-hybridized carbons (Fsp3) is 0.321. The van der Waals surface area contributed by atoms with E-state index >= 15 is 0 Å². The predicted molar refractivity (Wildman–Crippen MR) is 141 cm³/mol. The number of nitrogens with zero attached hydrogens (tertiary/aromatic N) is 4. The van der Waals surface area contributed by atoms with Gasteiger partial charge in [-0.05, 0) is 62.6 Å². The van der Waals surface area contributed by atoms with Crippen LogP contribution in [0.1, 0.15) is 42.6 Å². The van der Waals surface area contributed by atoms with E-state index in [4.69, 9.17) is 0 Å². The van der Waals surface area contributed by atoms with Crippen molar-refractivity contribution in [3.8, 4) is 11.3 Å². The van der Waals surface area contributed by atoms with Crippen LogP contribution >= 0.6 is 0 Å². The van der Waals surface area contributed by atoms with Crippen LogP contribution in [-0.4, -0.2) is 44.1 Å². The number of fused-ring (bicyclic) bond motifs is 2. The molecule has 0 bridgehead atoms. The van der Waals surface area contributed by atoms with Crippen LogP contribution in [0, 0.1) is 11.7 Å². The Kier molecular flexibility index (Phi) is 5.60. The Bertz CT molecular complexity index is 1490. The molecule has 2 aliphatic heterocycles. The summed E-state index contributed by atoms with van der Waals surface area (Å²) in [7, 11) is 0. The molecule has 1 amide bonds. The van der Waals surface area contributed by atoms with Crippen LogP contribution in [0.4, 0.5) is 21.6 Å². The van der Waals surface area contributed by atoms with Crippen molar-refractivity contribution in [1.29, 1.82) is 0 Å². The maximum absolute atomic E-state index is 13.6. The average molecular weight is 501 g/mol. The third-order valence-electron chi connectivity index (χ3n) is 7.51. The molecule has 1 saturated heterocycles. The van der Waals surface area contributed by atoms with Crippen molar-refractivity contribution in [2.45, 2.75) is 38.8 Å². The number of aliphatic hydroxyl groups is 1. The number of amides is 1. The van der Waals surface area contributed by atoms with E-state index in [1.165, 1.54) is 12.1 Å². The fourth-order valence-corrected chi connectivity index (χ4v) is 5.39. The van der Waals surface area contributed by atoms with Crippen LogP contribution in [0.5, 0.6) is 0 Å². The molecule has 190 valence electrons. The van der Waals surface area contributed by atoms with Gasteiger partial charge in [0.15, 0.2) is 0 Å². The summed E-state index contributed by atoms with van der Waals surface area (Å²) < 4.78 is 15.4. The molecule has 4 aromatic rings. The van der Waals surface area contributed by atoms with E-state index in [0.717, 1.165) is 54.1 Å². The second-order valence-corrected chi connectivity index (χ2v) is 10.4. The number of carbonyl (C=O) groups excluding carboxylic acids is 1. The summed E-state index contributed by atoms with van der Waals surface area (Å²) in [6.45, 7) is 5.94. The number of rotatable bonds is 5. The van der Waals surface area contributed by atoms with Gasteiger partial charge in [0, 0.05) is 61.0 Å². The number of piperidine rings is 1. The molecular formula is C28H29FN6O2. The Hall–Kier alpha value is -3.98. The summed E-state index contributed by atoms with van der Waals surface area (Å²) in [5.41, 5.74) is 4.59. The van der Waals surface area contributed by atoms with Crippen molar-refractivity contribution < 1.29 is 14.3 Å². The SMILES string of the molecule is CC(C)(O)[C@@H]1CCCN(c2ccc(Nc3ncc(-c4cnc5cc(F)ccn45)c4c3C(=O)NC4)cc2)C1. The maximum Gasteiger partial charge on any atom is 0.255 e. The van der Waals surface area contributed by atoms with Gasteiger partial charge >= 0.3 is 0 Å². The lowest BCUT2D eigenvalue weighted by Crippen LogP contribution is -2.44. The molecule has 0 spiro atoms. The van der Waals surface area contributed by atoms with Gasteiger partial charge in [-0.2, -0.15) is 0 Å². The van der Waals surface area contributed by atoms with Crippen molar-refractivity contribution >= 4 is 28.7 Å². The summed E-state index contributed by atoms with van der Waals surface area (Å²) in [6, 6.07) is 10.8. The van der Waals surface area contributed by atoms with Crippen LogP contribution in [0.3, 0.4) is 0 Å². The van der Waals surface area contributed by atoms with Gasteiger partial charge in [-0.1, -0.05) is 0 Å². The third-order valence-corrected chi connectivity index (χ3v) is 7.51. The van der Waals surface area contributed by atoms with Crippen molar-refractivity contribution in [2.75, 3.05) is 23.3 Å². The second-order valence-electron chi connectivity index (χ2n) is 10.4. The van der Waals surface area contributed by atoms with Gasteiger partial charge in [-0.25, -0.2) is 14.4 Å². The first-order chi connectivity index (χ1) is 17.8. The molecule has 0 saturated carbocycles. The molecule has 3 N–H and O–H groups in total. The Morgan fingerprint density at radius 3 is 2.76 bits per heavy atom. The van der Waals surface area contributed by atoms with Gasteiger partial charge in [0.05, 0.1) is 23.1 Å². The minimum absolute atomic E-state index is 0.186. The number of pyridine rings is 2. The van der Waals surface area contributed by atoms with Crippen molar-refractivity contribution in [1.82, 2.24) is 19.7 Å². The quantitative estimate of drug-likeness (QED) is 0.373. The summed E-state index contributed by atoms with van der Waals surface area (Å²) in [6.07, 6.45) is 7.11. The molecule has 37 heavy (non-hydrogen) atoms. The molecule has 1 fully saturated rings. The highest BCUT2D eigenvalue weighted by Gasteiger charge is 2.32. The van der Waals surface area contributed by atoms with Crippen molar-refractivity contribution in [2.24, 2.45) is 5.92 Å². The Balaban J connectivity index is 1.27. The van der Waals surface area contributed by atoms with E-state index < -0.39 is 5.60 Å². The molecule has 6 rings (SSSR count). The van der Waals surface area contributed by atoms with E-state index in [1.807, 2.05) is 26.0 Å². The molecule has 5 heterocycles. The van der Waals surface area contributed by atoms with Crippen molar-refractivity contribution in [3.05, 3.63) is 71.9 Å². The number of anilines is 3. The number of benzene rings is 1. The molecule has 0 radical (unpaired) electrons. The number of nitrogens with one attached hydrogen (secondary N) is 2. The highest BCUT2D eigenvalue weighted by Crippen LogP contribution is 2.35. The first-order valence-electron chi connectivity index (χ1n) is 12.6. The Morgan fingerprint density at radius 1 is 1.16 bits per heavy atom. The minimum Gasteiger partial charge on any atom is -0.390 e. The molecule has 1 aromatic carbocycles. The van der Waals surface area contributed by atoms with Crippen molar-refractivity contribution in [3.63, 3.8) is 0 Å². The van der Waals surface area contributed by atoms with E-state index in [-0.39, 0.29) is 17.6 Å². The maximum atomic E-state index is 13.6. The third kappa shape index (κ3) is 4.29. The van der Waals surface area contributed by atoms with Gasteiger partial charge in [0.2, 0.25) is 0 Å². The largest absolute Gasteiger partial charge is 0.390 e. The van der Waals surface area contributed by atoms with Gasteiger partial charge < -0.3 is 20.6 Å². The molecule has 2 aliphatic rings. The first kappa shape index (κ1) is 23.4. The fourth-order valence-electron chi connectivity index (χ4n) is 5.39. The topological polar surface area (TPSA) is 94.8 Å². The van der Waals surface area contributed by atoms with Gasteiger partial charge in [0.25, 0.3) is 5.91 Å². The van der Waals surface area contributed by atoms with Gasteiger partial charge in [0.1, 0.15) is 17.3 Å². The van der Waals surface area contributed by atoms with Crippen LogP contribution in [0.2, 0.25) is 0 Å². The summed E-state index contributed by atoms with van der Waals surface area (Å²) in [5, 5.41) is 16.7. The normalized spacial score (nSPS) is 17.7. The molecule has 8 nitrogen and oxygen atoms in total. The zero-order chi connectivity index (χ0) is 25.7. The van der Waals surface area contributed by atoms with Gasteiger partial charge in [-0.15, -0.1) is 0 Å². The number of hydrogen-bond donors (Lipinski definition) is 3. The van der Waals surface area contributed by atoms with E-state index in [2.05, 4.69) is 37.6 Å². The summed E-state index contributed by atoms with van der Waals surface area (Å²) in [4.78, 5) is 24.0. The lowest BCUT2D eigenvalue weighted by atomic mass is 9.84. The lowest BCUT2D eigenvalue weighted by Gasteiger charge is -2.39. The molecule has 0 unspecified atom stereocenters. The predicted octanol–water partition coefficient (Wildman–Crippen LogP) is 4.51. The molecule has 9 heteroatoms. The first-order valence-corrected chi connectivity index (χ1v) is 12.6. The Labute approximate surface area is 214 Å². The zero-order valence-electron chi connectivity index (χ0n) is 20.8. The summed E-state index contributed by atoms with van der Waals surface area (Å²) in [5.74, 6) is 0.179. The molecule has 1 atom stereocenters. The standard InChI is InChI=1S/C28H29FN6O2/c1-28(2,37)17-4-3-10-34(16-17)20-7-5-19(6-8-20)33-26-25-22(14-32-27(25)36)21(13-31-26)23-15-30-24-12-18(29)9-11-35(23)24/h5-9,11-13,15,17,37H,3-4,10,14,16H2,1-2H3,(H,31,33)(H,32,36)/t17-/m1/s1. The van der Waals surface area contributed by atoms with Crippen LogP contribution < -0.4 is 15.5 Å². The van der Waals surface area contributed by atoms with Crippen LogP contribution in [-0.2, 0) is 6.54 Å². The number of imidazole rings is 1. The van der Waals surface area contributed by atoms with E-state index in [1.54, 1.807) is 23.0 Å². The minimum atomic E-state index is -0.696. The number of aromatic nitrogens is 3. The highest BCUT2D eigenvalue weighted by atomic mass is 19.1. The monoisotopic (exact) mass is 500 g/mol. The smallest absolute Gasteiger partial charge is 0.255 e. The highest BCUT2D eigenvalue weighted by molar-refractivity contribution is 6.05. The second kappa shape index (κ2) is 8.85. The van der Waals surface area contributed by atoms with Gasteiger partial charge in [-0.3, -0.25) is 9.20 Å². The van der Waals surface area contributed by atoms with E-state index in [0.29, 0.717) is 23.6 Å². The number of hydrogen-bond acceptors (Lipinski definition) is 6. The number of carbonyl (C=O) groups is 1. The average Bonchev–Trinajstić information content (AvgIpc) is 3.48. The Morgan fingerprint density at radius 2 is 1.97 bits per heavy atom. The zero-order valence-corrected chi connectivity index (χ0v) is 20.8. The van der Waals surface area contributed by atoms with E-state index in [9.17, 15) is 14.3 Å². The lowest BCUT2D eigenvalue weighted by molar-refractivity contribution is 0.0110.